The topological polar surface area (TPSA) is 49.8 Å². The first kappa shape index (κ1) is 25.1. The summed E-state index contributed by atoms with van der Waals surface area (Å²) >= 11 is 0. The van der Waals surface area contributed by atoms with Crippen LogP contribution in [0.3, 0.4) is 0 Å². The molecule has 0 aromatic heterocycles. The maximum absolute atomic E-state index is 12.7. The van der Waals surface area contributed by atoms with Crippen LogP contribution in [-0.4, -0.2) is 34.6 Å². The molecule has 2 rings (SSSR count). The van der Waals surface area contributed by atoms with Gasteiger partial charge in [-0.15, -0.1) is 0 Å². The van der Waals surface area contributed by atoms with Gasteiger partial charge in [0.1, 0.15) is 5.75 Å². The van der Waals surface area contributed by atoms with E-state index in [0.717, 1.165) is 24.1 Å². The van der Waals surface area contributed by atoms with E-state index in [-0.39, 0.29) is 18.5 Å². The zero-order valence-corrected chi connectivity index (χ0v) is 20.2. The Morgan fingerprint density at radius 1 is 1.00 bits per heavy atom. The molecular weight excluding hydrogens is 386 g/mol. The van der Waals surface area contributed by atoms with Crippen molar-refractivity contribution < 1.29 is 14.6 Å². The number of aliphatic hydroxyl groups is 1. The van der Waals surface area contributed by atoms with Crippen LogP contribution in [0.4, 0.5) is 0 Å². The predicted octanol–water partition coefficient (Wildman–Crippen LogP) is 5.77. The van der Waals surface area contributed by atoms with Crippen LogP contribution >= 0.6 is 0 Å². The van der Waals surface area contributed by atoms with E-state index < -0.39 is 5.41 Å². The number of carbonyl (C=O) groups excluding carboxylic acids is 1. The van der Waals surface area contributed by atoms with Crippen molar-refractivity contribution in [1.29, 1.82) is 0 Å². The van der Waals surface area contributed by atoms with E-state index in [9.17, 15) is 9.90 Å². The number of hydrogen-bond donors (Lipinski definition) is 1. The number of hydrogen-bond acceptors (Lipinski definition) is 4. The van der Waals surface area contributed by atoms with Crippen molar-refractivity contribution in [1.82, 2.24) is 4.90 Å². The van der Waals surface area contributed by atoms with Gasteiger partial charge in [0.25, 0.3) is 0 Å². The van der Waals surface area contributed by atoms with Crippen LogP contribution in [-0.2, 0) is 11.4 Å². The summed E-state index contributed by atoms with van der Waals surface area (Å²) in [4.78, 5) is 15.1. The molecule has 1 N–H and O–H groups in total. The second-order valence-electron chi connectivity index (χ2n) is 9.85. The van der Waals surface area contributed by atoms with Gasteiger partial charge in [0, 0.05) is 23.6 Å². The number of esters is 1. The summed E-state index contributed by atoms with van der Waals surface area (Å²) < 4.78 is 5.88. The molecule has 0 aliphatic heterocycles. The Morgan fingerprint density at radius 2 is 1.61 bits per heavy atom. The zero-order chi connectivity index (χ0) is 23.2. The van der Waals surface area contributed by atoms with E-state index >= 15 is 0 Å². The predicted molar refractivity (Wildman–Crippen MR) is 127 cm³/mol. The van der Waals surface area contributed by atoms with Gasteiger partial charge in [-0.25, -0.2) is 0 Å². The van der Waals surface area contributed by atoms with Gasteiger partial charge in [-0.3, -0.25) is 9.69 Å². The monoisotopic (exact) mass is 425 g/mol. The molecule has 4 heteroatoms. The van der Waals surface area contributed by atoms with Crippen molar-refractivity contribution in [3.8, 4) is 5.75 Å². The molecule has 0 amide bonds. The number of nitrogens with zero attached hydrogens (tertiary/aromatic N) is 1. The van der Waals surface area contributed by atoms with Gasteiger partial charge in [0.15, 0.2) is 0 Å². The number of ether oxygens (including phenoxy) is 1. The van der Waals surface area contributed by atoms with Crippen LogP contribution in [0.25, 0.3) is 0 Å². The molecule has 0 bridgehead atoms. The fourth-order valence-electron chi connectivity index (χ4n) is 3.89. The maximum atomic E-state index is 12.7. The molecule has 0 fully saturated rings. The molecule has 2 aromatic carbocycles. The van der Waals surface area contributed by atoms with E-state index in [1.807, 2.05) is 57.2 Å². The van der Waals surface area contributed by atoms with Gasteiger partial charge in [0.05, 0.1) is 12.0 Å². The van der Waals surface area contributed by atoms with Crippen LogP contribution in [0.5, 0.6) is 5.75 Å². The third-order valence-corrected chi connectivity index (χ3v) is 5.65. The van der Waals surface area contributed by atoms with Gasteiger partial charge in [-0.2, -0.15) is 0 Å². The smallest absolute Gasteiger partial charge is 0.316 e. The fraction of sp³-hybridized carbons (Fsp3) is 0.519. The summed E-state index contributed by atoms with van der Waals surface area (Å²) in [5.41, 5.74) is 2.35. The molecule has 0 unspecified atom stereocenters. The quantitative estimate of drug-likeness (QED) is 0.409. The molecule has 0 saturated carbocycles. The molecule has 0 aliphatic carbocycles. The second-order valence-corrected chi connectivity index (χ2v) is 9.85. The summed E-state index contributed by atoms with van der Waals surface area (Å²) in [5, 5.41) is 9.76. The molecule has 170 valence electrons. The van der Waals surface area contributed by atoms with E-state index in [2.05, 4.69) is 44.7 Å². The lowest BCUT2D eigenvalue weighted by atomic mass is 9.86. The molecule has 31 heavy (non-hydrogen) atoms. The lowest BCUT2D eigenvalue weighted by Gasteiger charge is -2.32. The van der Waals surface area contributed by atoms with Crippen molar-refractivity contribution in [2.75, 3.05) is 6.54 Å². The van der Waals surface area contributed by atoms with E-state index in [1.54, 1.807) is 0 Å². The molecule has 0 heterocycles. The highest BCUT2D eigenvalue weighted by Gasteiger charge is 2.27. The van der Waals surface area contributed by atoms with Crippen LogP contribution in [0, 0.1) is 5.41 Å². The Morgan fingerprint density at radius 3 is 2.13 bits per heavy atom. The van der Waals surface area contributed by atoms with Gasteiger partial charge < -0.3 is 9.84 Å². The first-order valence-corrected chi connectivity index (χ1v) is 11.3. The van der Waals surface area contributed by atoms with Crippen molar-refractivity contribution >= 4 is 5.97 Å². The Hall–Kier alpha value is -2.17. The van der Waals surface area contributed by atoms with Gasteiger partial charge in [-0.1, -0.05) is 36.4 Å². The van der Waals surface area contributed by atoms with Crippen LogP contribution in [0.1, 0.15) is 77.5 Å². The summed E-state index contributed by atoms with van der Waals surface area (Å²) in [6.45, 7) is 15.3. The van der Waals surface area contributed by atoms with E-state index in [0.29, 0.717) is 17.8 Å². The molecule has 0 radical (unpaired) electrons. The summed E-state index contributed by atoms with van der Waals surface area (Å²) in [7, 11) is 0. The van der Waals surface area contributed by atoms with E-state index in [1.165, 1.54) is 5.56 Å². The van der Waals surface area contributed by atoms with Crippen LogP contribution in [0.2, 0.25) is 0 Å². The molecule has 2 aromatic rings. The maximum Gasteiger partial charge on any atom is 0.316 e. The van der Waals surface area contributed by atoms with E-state index in [4.69, 9.17) is 4.74 Å². The normalized spacial score (nSPS) is 13.1. The highest BCUT2D eigenvalue weighted by molar-refractivity contribution is 5.78. The second kappa shape index (κ2) is 10.9. The largest absolute Gasteiger partial charge is 0.426 e. The fourth-order valence-corrected chi connectivity index (χ4v) is 3.89. The van der Waals surface area contributed by atoms with Crippen molar-refractivity contribution in [3.05, 3.63) is 65.2 Å². The Bertz CT molecular complexity index is 829. The number of aliphatic hydroxyl groups excluding tert-OH is 1. The van der Waals surface area contributed by atoms with Gasteiger partial charge in [-0.05, 0) is 84.7 Å². The van der Waals surface area contributed by atoms with Crippen molar-refractivity contribution in [3.63, 3.8) is 0 Å². The van der Waals surface area contributed by atoms with Crippen LogP contribution < -0.4 is 4.74 Å². The first-order valence-electron chi connectivity index (χ1n) is 11.3. The Balaban J connectivity index is 2.50. The third-order valence-electron chi connectivity index (χ3n) is 5.65. The minimum absolute atomic E-state index is 0.0495. The number of rotatable bonds is 9. The molecule has 0 spiro atoms. The van der Waals surface area contributed by atoms with Gasteiger partial charge >= 0.3 is 5.97 Å². The highest BCUT2D eigenvalue weighted by Crippen LogP contribution is 2.36. The number of benzene rings is 2. The average Bonchev–Trinajstić information content (AvgIpc) is 2.71. The van der Waals surface area contributed by atoms with Crippen LogP contribution in [0.15, 0.2) is 48.5 Å². The minimum Gasteiger partial charge on any atom is -0.426 e. The minimum atomic E-state index is -0.596. The number of carbonyl (C=O) groups is 1. The van der Waals surface area contributed by atoms with Crippen molar-refractivity contribution in [2.45, 2.75) is 79.5 Å². The highest BCUT2D eigenvalue weighted by atomic mass is 16.5. The zero-order valence-electron chi connectivity index (χ0n) is 20.2. The van der Waals surface area contributed by atoms with Crippen molar-refractivity contribution in [2.24, 2.45) is 5.41 Å². The standard InChI is InChI=1S/C27H39NO3/c1-19(2)28(20(3)4)16-15-23(22-11-9-8-10-12-22)24-17-21(18-29)13-14-25(24)31-26(30)27(5,6)7/h8-14,17,19-20,23,29H,15-16,18H2,1-7H3/t23-/m1/s1. The molecule has 0 aliphatic rings. The first-order chi connectivity index (χ1) is 14.5. The van der Waals surface area contributed by atoms with Gasteiger partial charge in [0.2, 0.25) is 0 Å². The SMILES string of the molecule is CC(C)N(CC[C@H](c1ccccc1)c1cc(CO)ccc1OC(=O)C(C)(C)C)C(C)C. The lowest BCUT2D eigenvalue weighted by Crippen LogP contribution is -2.38. The molecule has 0 saturated heterocycles. The average molecular weight is 426 g/mol. The lowest BCUT2D eigenvalue weighted by molar-refractivity contribution is -0.143. The summed E-state index contributed by atoms with van der Waals surface area (Å²) in [6.07, 6.45) is 0.884. The third kappa shape index (κ3) is 6.91. The Kier molecular flexibility index (Phi) is 8.84. The Labute approximate surface area is 188 Å². The molecule has 4 nitrogen and oxygen atoms in total. The molecule has 1 atom stereocenters. The summed E-state index contributed by atoms with van der Waals surface area (Å²) in [6, 6.07) is 16.9. The summed E-state index contributed by atoms with van der Waals surface area (Å²) in [5.74, 6) is 0.366. The molecular formula is C27H39NO3.